The predicted molar refractivity (Wildman–Crippen MR) is 84.9 cm³/mol. The van der Waals surface area contributed by atoms with Crippen LogP contribution in [0.2, 0.25) is 0 Å². The molecule has 5 heteroatoms. The molecule has 2 atom stereocenters. The predicted octanol–water partition coefficient (Wildman–Crippen LogP) is 2.54. The van der Waals surface area contributed by atoms with Crippen molar-refractivity contribution < 1.29 is 14.7 Å². The summed E-state index contributed by atoms with van der Waals surface area (Å²) in [6.07, 6.45) is 4.19. The van der Waals surface area contributed by atoms with Crippen molar-refractivity contribution in [2.75, 3.05) is 6.54 Å². The highest BCUT2D eigenvalue weighted by Gasteiger charge is 2.25. The van der Waals surface area contributed by atoms with Crippen molar-refractivity contribution >= 4 is 11.9 Å². The monoisotopic (exact) mass is 300 g/mol. The topological polar surface area (TPSA) is 92.4 Å². The number of hydrogen-bond acceptors (Lipinski definition) is 3. The molecule has 0 fully saturated rings. The Bertz CT molecular complexity index is 324. The molecule has 4 N–H and O–H groups in total. The second-order valence-corrected chi connectivity index (χ2v) is 6.78. The van der Waals surface area contributed by atoms with E-state index in [1.54, 1.807) is 0 Å². The maximum absolute atomic E-state index is 12.0. The fourth-order valence-corrected chi connectivity index (χ4v) is 2.45. The van der Waals surface area contributed by atoms with Gasteiger partial charge in [-0.2, -0.15) is 0 Å². The van der Waals surface area contributed by atoms with Crippen LogP contribution in [-0.2, 0) is 9.59 Å². The first-order valence-corrected chi connectivity index (χ1v) is 7.94. The van der Waals surface area contributed by atoms with E-state index in [9.17, 15) is 9.59 Å². The lowest BCUT2D eigenvalue weighted by atomic mass is 9.76. The van der Waals surface area contributed by atoms with Crippen molar-refractivity contribution in [2.24, 2.45) is 17.1 Å². The number of amides is 1. The van der Waals surface area contributed by atoms with Crippen LogP contribution in [0.1, 0.15) is 66.2 Å². The molecule has 0 aliphatic heterocycles. The van der Waals surface area contributed by atoms with E-state index in [2.05, 4.69) is 26.1 Å². The van der Waals surface area contributed by atoms with Gasteiger partial charge in [0.15, 0.2) is 0 Å². The van der Waals surface area contributed by atoms with Crippen molar-refractivity contribution in [3.8, 4) is 0 Å². The fraction of sp³-hybridized carbons (Fsp3) is 0.875. The number of hydrogen-bond donors (Lipinski definition) is 3. The van der Waals surface area contributed by atoms with E-state index in [0.717, 1.165) is 25.7 Å². The molecule has 0 aromatic rings. The average molecular weight is 300 g/mol. The Hall–Kier alpha value is -1.10. The number of rotatable bonds is 10. The third-order valence-corrected chi connectivity index (χ3v) is 3.94. The number of nitrogens with two attached hydrogens (primary N) is 1. The Labute approximate surface area is 128 Å². The Morgan fingerprint density at radius 3 is 2.24 bits per heavy atom. The van der Waals surface area contributed by atoms with Gasteiger partial charge in [0.05, 0.1) is 0 Å². The molecule has 0 bridgehead atoms. The zero-order valence-corrected chi connectivity index (χ0v) is 13.9. The van der Waals surface area contributed by atoms with Gasteiger partial charge in [0, 0.05) is 6.42 Å². The zero-order valence-electron chi connectivity index (χ0n) is 13.9. The number of aliphatic carboxylic acids is 1. The molecule has 0 radical (unpaired) electrons. The first-order valence-electron chi connectivity index (χ1n) is 7.94. The summed E-state index contributed by atoms with van der Waals surface area (Å²) in [7, 11) is 0. The second-order valence-electron chi connectivity index (χ2n) is 6.78. The van der Waals surface area contributed by atoms with E-state index in [1.807, 2.05) is 6.92 Å². The lowest BCUT2D eigenvalue weighted by molar-refractivity contribution is -0.142. The SMILES string of the molecule is CCCC[C@H](NC(=O)CCC(CCN)C(C)(C)C)C(=O)O. The number of nitrogens with one attached hydrogen (secondary N) is 1. The lowest BCUT2D eigenvalue weighted by Gasteiger charge is -2.30. The molecular formula is C16H32N2O3. The number of carbonyl (C=O) groups is 2. The summed E-state index contributed by atoms with van der Waals surface area (Å²) >= 11 is 0. The molecule has 0 aliphatic rings. The minimum atomic E-state index is -0.953. The summed E-state index contributed by atoms with van der Waals surface area (Å²) in [5.41, 5.74) is 5.73. The van der Waals surface area contributed by atoms with E-state index in [1.165, 1.54) is 0 Å². The minimum Gasteiger partial charge on any atom is -0.480 e. The fourth-order valence-electron chi connectivity index (χ4n) is 2.45. The van der Waals surface area contributed by atoms with Gasteiger partial charge in [-0.15, -0.1) is 0 Å². The van der Waals surface area contributed by atoms with Crippen molar-refractivity contribution in [3.63, 3.8) is 0 Å². The molecule has 0 aromatic heterocycles. The van der Waals surface area contributed by atoms with Crippen LogP contribution in [-0.4, -0.2) is 29.6 Å². The minimum absolute atomic E-state index is 0.105. The zero-order chi connectivity index (χ0) is 16.5. The highest BCUT2D eigenvalue weighted by atomic mass is 16.4. The number of carboxylic acids is 1. The first kappa shape index (κ1) is 19.9. The number of carboxylic acid groups (broad SMARTS) is 1. The molecule has 21 heavy (non-hydrogen) atoms. The van der Waals surface area contributed by atoms with E-state index in [-0.39, 0.29) is 11.3 Å². The highest BCUT2D eigenvalue weighted by Crippen LogP contribution is 2.32. The maximum atomic E-state index is 12.0. The standard InChI is InChI=1S/C16H32N2O3/c1-5-6-7-13(15(20)21)18-14(19)9-8-12(10-11-17)16(2,3)4/h12-13H,5-11,17H2,1-4H3,(H,18,19)(H,20,21)/t12?,13-/m0/s1. The summed E-state index contributed by atoms with van der Waals surface area (Å²) in [6.45, 7) is 9.05. The molecule has 1 unspecified atom stereocenters. The molecule has 0 saturated heterocycles. The van der Waals surface area contributed by atoms with E-state index in [0.29, 0.717) is 25.3 Å². The van der Waals surface area contributed by atoms with Gasteiger partial charge >= 0.3 is 5.97 Å². The molecule has 0 aromatic carbocycles. The summed E-state index contributed by atoms with van der Waals surface area (Å²) in [4.78, 5) is 23.1. The Morgan fingerprint density at radius 2 is 1.81 bits per heavy atom. The van der Waals surface area contributed by atoms with E-state index < -0.39 is 12.0 Å². The largest absolute Gasteiger partial charge is 0.480 e. The number of unbranched alkanes of at least 4 members (excludes halogenated alkanes) is 1. The average Bonchev–Trinajstić information content (AvgIpc) is 2.37. The lowest BCUT2D eigenvalue weighted by Crippen LogP contribution is -2.41. The third kappa shape index (κ3) is 8.71. The molecule has 0 aliphatic carbocycles. The second kappa shape index (κ2) is 9.77. The molecule has 0 saturated carbocycles. The molecule has 124 valence electrons. The van der Waals surface area contributed by atoms with Crippen LogP contribution in [0.3, 0.4) is 0 Å². The van der Waals surface area contributed by atoms with Crippen molar-refractivity contribution in [3.05, 3.63) is 0 Å². The molecule has 0 spiro atoms. The first-order chi connectivity index (χ1) is 9.72. The Kier molecular flexibility index (Phi) is 9.26. The Balaban J connectivity index is 4.36. The van der Waals surface area contributed by atoms with Crippen LogP contribution < -0.4 is 11.1 Å². The number of carbonyl (C=O) groups excluding carboxylic acids is 1. The molecular weight excluding hydrogens is 268 g/mol. The van der Waals surface area contributed by atoms with Crippen molar-refractivity contribution in [2.45, 2.75) is 72.3 Å². The summed E-state index contributed by atoms with van der Waals surface area (Å²) in [5, 5.41) is 11.7. The van der Waals surface area contributed by atoms with Crippen LogP contribution in [0.25, 0.3) is 0 Å². The van der Waals surface area contributed by atoms with Crippen LogP contribution in [0.5, 0.6) is 0 Å². The summed E-state index contributed by atoms with van der Waals surface area (Å²) in [5.74, 6) is -0.761. The summed E-state index contributed by atoms with van der Waals surface area (Å²) < 4.78 is 0. The van der Waals surface area contributed by atoms with Gasteiger partial charge in [0.2, 0.25) is 5.91 Å². The van der Waals surface area contributed by atoms with E-state index in [4.69, 9.17) is 10.8 Å². The third-order valence-electron chi connectivity index (χ3n) is 3.94. The molecule has 0 heterocycles. The Morgan fingerprint density at radius 1 is 1.19 bits per heavy atom. The van der Waals surface area contributed by atoms with Crippen LogP contribution in [0.15, 0.2) is 0 Å². The van der Waals surface area contributed by atoms with E-state index >= 15 is 0 Å². The van der Waals surface area contributed by atoms with Crippen LogP contribution >= 0.6 is 0 Å². The highest BCUT2D eigenvalue weighted by molar-refractivity contribution is 5.83. The van der Waals surface area contributed by atoms with Gasteiger partial charge in [-0.05, 0) is 37.1 Å². The quantitative estimate of drug-likeness (QED) is 0.578. The normalized spacial score (nSPS) is 14.5. The maximum Gasteiger partial charge on any atom is 0.326 e. The van der Waals surface area contributed by atoms with Gasteiger partial charge in [-0.3, -0.25) is 4.79 Å². The van der Waals surface area contributed by atoms with Gasteiger partial charge in [-0.1, -0.05) is 40.5 Å². The van der Waals surface area contributed by atoms with Crippen molar-refractivity contribution in [1.29, 1.82) is 0 Å². The van der Waals surface area contributed by atoms with Crippen LogP contribution in [0, 0.1) is 11.3 Å². The smallest absolute Gasteiger partial charge is 0.326 e. The molecule has 0 rings (SSSR count). The van der Waals surface area contributed by atoms with Crippen molar-refractivity contribution in [1.82, 2.24) is 5.32 Å². The summed E-state index contributed by atoms with van der Waals surface area (Å²) in [6, 6.07) is -0.764. The van der Waals surface area contributed by atoms with Crippen LogP contribution in [0.4, 0.5) is 0 Å². The molecule has 5 nitrogen and oxygen atoms in total. The molecule has 1 amide bonds. The van der Waals surface area contributed by atoms with Gasteiger partial charge < -0.3 is 16.2 Å². The van der Waals surface area contributed by atoms with Gasteiger partial charge in [0.25, 0.3) is 0 Å². The van der Waals surface area contributed by atoms with Gasteiger partial charge in [0.1, 0.15) is 6.04 Å². The van der Waals surface area contributed by atoms with Gasteiger partial charge in [-0.25, -0.2) is 4.79 Å².